The van der Waals surface area contributed by atoms with Crippen LogP contribution in [0.5, 0.6) is 17.2 Å². The summed E-state index contributed by atoms with van der Waals surface area (Å²) >= 11 is 0. The summed E-state index contributed by atoms with van der Waals surface area (Å²) in [6, 6.07) is 17.5. The first-order chi connectivity index (χ1) is 16.2. The number of hydrogen-bond donors (Lipinski definition) is 1. The van der Waals surface area contributed by atoms with Gasteiger partial charge in [0.15, 0.2) is 18.1 Å². The molecule has 3 heterocycles. The Morgan fingerprint density at radius 2 is 1.79 bits per heavy atom. The van der Waals surface area contributed by atoms with Gasteiger partial charge in [-0.3, -0.25) is 9.69 Å². The molecule has 1 fully saturated rings. The fraction of sp³-hybridized carbons (Fsp3) is 0.292. The summed E-state index contributed by atoms with van der Waals surface area (Å²) in [4.78, 5) is 25.6. The highest BCUT2D eigenvalue weighted by molar-refractivity contribution is 5.91. The molecule has 3 aromatic rings. The summed E-state index contributed by atoms with van der Waals surface area (Å²) in [5.74, 6) is 2.76. The first-order valence-corrected chi connectivity index (χ1v) is 10.9. The molecule has 9 heteroatoms. The highest BCUT2D eigenvalue weighted by atomic mass is 16.7. The third-order valence-electron chi connectivity index (χ3n) is 5.58. The van der Waals surface area contributed by atoms with Crippen LogP contribution in [0.1, 0.15) is 5.56 Å². The number of nitrogens with zero attached hydrogens (tertiary/aromatic N) is 4. The van der Waals surface area contributed by atoms with E-state index in [9.17, 15) is 4.79 Å². The van der Waals surface area contributed by atoms with Crippen molar-refractivity contribution in [2.45, 2.75) is 6.54 Å². The van der Waals surface area contributed by atoms with Crippen LogP contribution in [-0.4, -0.2) is 60.4 Å². The number of carbonyl (C=O) groups excluding carboxylic acids is 1. The lowest BCUT2D eigenvalue weighted by Gasteiger charge is -2.35. The number of amides is 1. The van der Waals surface area contributed by atoms with Gasteiger partial charge in [-0.2, -0.15) is 0 Å². The first kappa shape index (κ1) is 21.0. The van der Waals surface area contributed by atoms with Crippen molar-refractivity contribution >= 4 is 17.5 Å². The summed E-state index contributed by atoms with van der Waals surface area (Å²) < 4.78 is 16.2. The quantitative estimate of drug-likeness (QED) is 0.591. The Kier molecular flexibility index (Phi) is 6.21. The molecule has 0 radical (unpaired) electrons. The number of hydrogen-bond acceptors (Lipinski definition) is 8. The minimum absolute atomic E-state index is 0.142. The van der Waals surface area contributed by atoms with E-state index in [4.69, 9.17) is 14.2 Å². The molecule has 170 valence electrons. The summed E-state index contributed by atoms with van der Waals surface area (Å²) in [6.07, 6.45) is 1.47. The third-order valence-corrected chi connectivity index (χ3v) is 5.58. The zero-order chi connectivity index (χ0) is 22.5. The van der Waals surface area contributed by atoms with E-state index in [1.165, 1.54) is 11.9 Å². The van der Waals surface area contributed by atoms with Crippen LogP contribution in [0.4, 0.5) is 11.6 Å². The molecule has 5 rings (SSSR count). The zero-order valence-electron chi connectivity index (χ0n) is 18.1. The van der Waals surface area contributed by atoms with E-state index in [0.29, 0.717) is 23.1 Å². The van der Waals surface area contributed by atoms with Gasteiger partial charge in [-0.25, -0.2) is 9.97 Å². The van der Waals surface area contributed by atoms with E-state index in [1.807, 2.05) is 6.07 Å². The smallest absolute Gasteiger partial charge is 0.263 e. The number of nitrogens with one attached hydrogen (secondary N) is 1. The normalized spacial score (nSPS) is 15.3. The largest absolute Gasteiger partial charge is 0.484 e. The predicted molar refractivity (Wildman–Crippen MR) is 123 cm³/mol. The van der Waals surface area contributed by atoms with Crippen LogP contribution < -0.4 is 24.4 Å². The Bertz CT molecular complexity index is 1100. The van der Waals surface area contributed by atoms with Gasteiger partial charge in [0.2, 0.25) is 6.79 Å². The highest BCUT2D eigenvalue weighted by Gasteiger charge is 2.19. The maximum absolute atomic E-state index is 12.4. The monoisotopic (exact) mass is 447 g/mol. The minimum atomic E-state index is -0.301. The number of ether oxygens (including phenoxy) is 3. The molecule has 0 unspecified atom stereocenters. The molecule has 0 aliphatic carbocycles. The van der Waals surface area contributed by atoms with E-state index in [-0.39, 0.29) is 19.3 Å². The predicted octanol–water partition coefficient (Wildman–Crippen LogP) is 2.55. The standard InChI is InChI=1S/C24H25N5O4/c30-24(15-31-19-6-7-20-21(12-19)33-17-32-20)27-22-13-23(26-16-25-22)29-10-8-28(9-11-29)14-18-4-2-1-3-5-18/h1-7,12-13,16H,8-11,14-15,17H2,(H,25,26,27,30). The van der Waals surface area contributed by atoms with E-state index < -0.39 is 0 Å². The molecule has 1 aromatic heterocycles. The van der Waals surface area contributed by atoms with E-state index >= 15 is 0 Å². The van der Waals surface area contributed by atoms with Gasteiger partial charge in [-0.05, 0) is 17.7 Å². The molecule has 1 saturated heterocycles. The lowest BCUT2D eigenvalue weighted by Crippen LogP contribution is -2.46. The lowest BCUT2D eigenvalue weighted by atomic mass is 10.2. The minimum Gasteiger partial charge on any atom is -0.484 e. The number of piperazine rings is 1. The topological polar surface area (TPSA) is 89.1 Å². The van der Waals surface area contributed by atoms with Crippen LogP contribution >= 0.6 is 0 Å². The molecule has 9 nitrogen and oxygen atoms in total. The molecule has 33 heavy (non-hydrogen) atoms. The van der Waals surface area contributed by atoms with E-state index in [0.717, 1.165) is 38.5 Å². The molecular formula is C24H25N5O4. The van der Waals surface area contributed by atoms with Gasteiger partial charge in [0.05, 0.1) is 0 Å². The van der Waals surface area contributed by atoms with Gasteiger partial charge in [-0.1, -0.05) is 30.3 Å². The Labute approximate surface area is 191 Å². The number of rotatable bonds is 7. The molecule has 0 bridgehead atoms. The second kappa shape index (κ2) is 9.74. The Morgan fingerprint density at radius 1 is 0.970 bits per heavy atom. The zero-order valence-corrected chi connectivity index (χ0v) is 18.1. The second-order valence-electron chi connectivity index (χ2n) is 7.86. The Hall–Kier alpha value is -3.85. The van der Waals surface area contributed by atoms with Gasteiger partial charge in [0.25, 0.3) is 5.91 Å². The summed E-state index contributed by atoms with van der Waals surface area (Å²) in [6.45, 7) is 4.63. The Morgan fingerprint density at radius 3 is 2.64 bits per heavy atom. The van der Waals surface area contributed by atoms with Crippen LogP contribution in [0.15, 0.2) is 60.9 Å². The molecular weight excluding hydrogens is 422 g/mol. The highest BCUT2D eigenvalue weighted by Crippen LogP contribution is 2.35. The van der Waals surface area contributed by atoms with E-state index in [2.05, 4.69) is 49.4 Å². The summed E-state index contributed by atoms with van der Waals surface area (Å²) in [5, 5.41) is 2.78. The van der Waals surface area contributed by atoms with Crippen molar-refractivity contribution in [1.29, 1.82) is 0 Å². The number of anilines is 2. The van der Waals surface area contributed by atoms with Crippen LogP contribution in [0.3, 0.4) is 0 Å². The van der Waals surface area contributed by atoms with Crippen molar-refractivity contribution in [3.8, 4) is 17.2 Å². The average molecular weight is 447 g/mol. The van der Waals surface area contributed by atoms with Crippen molar-refractivity contribution < 1.29 is 19.0 Å². The van der Waals surface area contributed by atoms with Crippen molar-refractivity contribution in [2.75, 3.05) is 49.8 Å². The molecule has 1 N–H and O–H groups in total. The van der Waals surface area contributed by atoms with Crippen LogP contribution in [0.2, 0.25) is 0 Å². The van der Waals surface area contributed by atoms with Crippen LogP contribution in [-0.2, 0) is 11.3 Å². The first-order valence-electron chi connectivity index (χ1n) is 10.9. The lowest BCUT2D eigenvalue weighted by molar-refractivity contribution is -0.118. The van der Waals surface area contributed by atoms with Gasteiger partial charge in [-0.15, -0.1) is 0 Å². The number of fused-ring (bicyclic) bond motifs is 1. The summed E-state index contributed by atoms with van der Waals surface area (Å²) in [7, 11) is 0. The molecule has 0 saturated carbocycles. The molecule has 2 aliphatic rings. The van der Waals surface area contributed by atoms with Gasteiger partial charge in [0.1, 0.15) is 23.7 Å². The SMILES string of the molecule is O=C(COc1ccc2c(c1)OCO2)Nc1cc(N2CCN(Cc3ccccc3)CC2)ncn1. The van der Waals surface area contributed by atoms with Crippen molar-refractivity contribution in [1.82, 2.24) is 14.9 Å². The van der Waals surface area contributed by atoms with Gasteiger partial charge in [0, 0.05) is 44.9 Å². The number of benzene rings is 2. The summed E-state index contributed by atoms with van der Waals surface area (Å²) in [5.41, 5.74) is 1.32. The van der Waals surface area contributed by atoms with Crippen LogP contribution in [0, 0.1) is 0 Å². The second-order valence-corrected chi connectivity index (χ2v) is 7.86. The van der Waals surface area contributed by atoms with Crippen molar-refractivity contribution in [3.63, 3.8) is 0 Å². The Balaban J connectivity index is 1.11. The van der Waals surface area contributed by atoms with Gasteiger partial charge < -0.3 is 24.4 Å². The maximum Gasteiger partial charge on any atom is 0.263 e. The van der Waals surface area contributed by atoms with Gasteiger partial charge >= 0.3 is 0 Å². The number of carbonyl (C=O) groups is 1. The number of aromatic nitrogens is 2. The van der Waals surface area contributed by atoms with Crippen molar-refractivity contribution in [2.24, 2.45) is 0 Å². The molecule has 2 aliphatic heterocycles. The molecule has 0 atom stereocenters. The van der Waals surface area contributed by atoms with Crippen molar-refractivity contribution in [3.05, 3.63) is 66.5 Å². The van der Waals surface area contributed by atoms with E-state index in [1.54, 1.807) is 24.3 Å². The molecule has 0 spiro atoms. The maximum atomic E-state index is 12.4. The molecule has 2 aromatic carbocycles. The molecule has 1 amide bonds. The third kappa shape index (κ3) is 5.32. The fourth-order valence-corrected chi connectivity index (χ4v) is 3.86. The van der Waals surface area contributed by atoms with Crippen LogP contribution in [0.25, 0.3) is 0 Å². The fourth-order valence-electron chi connectivity index (χ4n) is 3.86. The average Bonchev–Trinajstić information content (AvgIpc) is 3.32.